The summed E-state index contributed by atoms with van der Waals surface area (Å²) in [6.45, 7) is 2.57. The number of rotatable bonds is 7. The third-order valence-corrected chi connectivity index (χ3v) is 4.02. The number of hydrogen-bond acceptors (Lipinski definition) is 3. The Hall–Kier alpha value is -2.95. The second kappa shape index (κ2) is 7.75. The van der Waals surface area contributed by atoms with Crippen LogP contribution in [0.4, 0.5) is 10.1 Å². The number of ketones is 1. The quantitative estimate of drug-likeness (QED) is 0.608. The Kier molecular flexibility index (Phi) is 5.23. The van der Waals surface area contributed by atoms with E-state index in [2.05, 4.69) is 15.5 Å². The van der Waals surface area contributed by atoms with Gasteiger partial charge in [0.1, 0.15) is 5.82 Å². The fourth-order valence-electron chi connectivity index (χ4n) is 2.65. The van der Waals surface area contributed by atoms with Crippen LogP contribution in [0.1, 0.15) is 35.7 Å². The van der Waals surface area contributed by atoms with Crippen LogP contribution >= 0.6 is 0 Å². The number of nitrogens with zero attached hydrogens (tertiary/aromatic N) is 1. The number of anilines is 1. The molecule has 0 spiro atoms. The highest BCUT2D eigenvalue weighted by atomic mass is 19.1. The molecule has 3 aromatic rings. The molecule has 0 aliphatic heterocycles. The first-order chi connectivity index (χ1) is 12.2. The third-order valence-electron chi connectivity index (χ3n) is 4.02. The Morgan fingerprint density at radius 1 is 1.12 bits per heavy atom. The van der Waals surface area contributed by atoms with E-state index in [4.69, 9.17) is 0 Å². The molecule has 25 heavy (non-hydrogen) atoms. The first kappa shape index (κ1) is 16.9. The molecule has 0 bridgehead atoms. The summed E-state index contributed by atoms with van der Waals surface area (Å²) in [7, 11) is 0. The van der Waals surface area contributed by atoms with Crippen LogP contribution in [0.3, 0.4) is 0 Å². The van der Waals surface area contributed by atoms with Gasteiger partial charge in [0.05, 0.1) is 11.9 Å². The molecule has 128 valence electrons. The number of hydrogen-bond donors (Lipinski definition) is 2. The molecule has 1 heterocycles. The summed E-state index contributed by atoms with van der Waals surface area (Å²) in [6, 6.07) is 13.8. The van der Waals surface area contributed by atoms with Crippen molar-refractivity contribution in [2.75, 3.05) is 5.32 Å². The van der Waals surface area contributed by atoms with Crippen molar-refractivity contribution in [3.05, 3.63) is 71.7 Å². The number of carbonyl (C=O) groups excluding carboxylic acids is 1. The van der Waals surface area contributed by atoms with Gasteiger partial charge in [-0.15, -0.1) is 0 Å². The van der Waals surface area contributed by atoms with Crippen LogP contribution in [0.15, 0.2) is 54.7 Å². The van der Waals surface area contributed by atoms with Crippen LogP contribution in [0.25, 0.3) is 11.3 Å². The minimum atomic E-state index is -0.263. The van der Waals surface area contributed by atoms with Gasteiger partial charge in [-0.05, 0) is 55.0 Å². The standard InChI is InChI=1S/C20H20FN3O/c1-2-3-19(25)14-6-10-18(11-7-14)22-12-16-13-23-24-20(16)15-4-8-17(21)9-5-15/h4-11,13,22H,2-3,12H2,1H3,(H,23,24). The van der Waals surface area contributed by atoms with Crippen LogP contribution in [0.5, 0.6) is 0 Å². The SMILES string of the molecule is CCCC(=O)c1ccc(NCc2cn[nH]c2-c2ccc(F)cc2)cc1. The van der Waals surface area contributed by atoms with E-state index in [-0.39, 0.29) is 11.6 Å². The van der Waals surface area contributed by atoms with E-state index < -0.39 is 0 Å². The predicted octanol–water partition coefficient (Wildman–Crippen LogP) is 4.81. The highest BCUT2D eigenvalue weighted by Crippen LogP contribution is 2.22. The van der Waals surface area contributed by atoms with Gasteiger partial charge in [0, 0.05) is 35.3 Å². The molecule has 0 saturated heterocycles. The van der Waals surface area contributed by atoms with E-state index in [9.17, 15) is 9.18 Å². The molecule has 0 aliphatic carbocycles. The monoisotopic (exact) mass is 337 g/mol. The van der Waals surface area contributed by atoms with E-state index >= 15 is 0 Å². The minimum absolute atomic E-state index is 0.169. The molecule has 2 aromatic carbocycles. The number of aromatic amines is 1. The Labute approximate surface area is 146 Å². The number of halogens is 1. The summed E-state index contributed by atoms with van der Waals surface area (Å²) in [5.41, 5.74) is 4.40. The van der Waals surface area contributed by atoms with E-state index in [1.807, 2.05) is 31.2 Å². The Bertz CT molecular complexity index is 838. The van der Waals surface area contributed by atoms with Crippen LogP contribution in [0.2, 0.25) is 0 Å². The lowest BCUT2D eigenvalue weighted by Crippen LogP contribution is -2.02. The first-order valence-electron chi connectivity index (χ1n) is 8.32. The Morgan fingerprint density at radius 3 is 2.52 bits per heavy atom. The van der Waals surface area contributed by atoms with Crippen LogP contribution in [-0.4, -0.2) is 16.0 Å². The summed E-state index contributed by atoms with van der Waals surface area (Å²) in [5.74, 6) is -0.0943. The highest BCUT2D eigenvalue weighted by molar-refractivity contribution is 5.96. The van der Waals surface area contributed by atoms with Gasteiger partial charge in [-0.25, -0.2) is 4.39 Å². The molecule has 0 saturated carbocycles. The van der Waals surface area contributed by atoms with Gasteiger partial charge < -0.3 is 5.32 Å². The fraction of sp³-hybridized carbons (Fsp3) is 0.200. The second-order valence-corrected chi connectivity index (χ2v) is 5.88. The van der Waals surface area contributed by atoms with Crippen molar-refractivity contribution < 1.29 is 9.18 Å². The van der Waals surface area contributed by atoms with E-state index in [1.54, 1.807) is 18.3 Å². The lowest BCUT2D eigenvalue weighted by molar-refractivity contribution is 0.0982. The van der Waals surface area contributed by atoms with Crippen molar-refractivity contribution in [1.29, 1.82) is 0 Å². The van der Waals surface area contributed by atoms with E-state index in [1.165, 1.54) is 12.1 Å². The molecular formula is C20H20FN3O. The summed E-state index contributed by atoms with van der Waals surface area (Å²) in [5, 5.41) is 10.4. The zero-order valence-corrected chi connectivity index (χ0v) is 14.1. The molecule has 2 N–H and O–H groups in total. The number of H-pyrrole nitrogens is 1. The van der Waals surface area contributed by atoms with Gasteiger partial charge in [0.15, 0.2) is 5.78 Å². The number of benzene rings is 2. The topological polar surface area (TPSA) is 57.8 Å². The second-order valence-electron chi connectivity index (χ2n) is 5.88. The molecule has 0 fully saturated rings. The summed E-state index contributed by atoms with van der Waals surface area (Å²) >= 11 is 0. The van der Waals surface area contributed by atoms with Crippen molar-refractivity contribution in [2.24, 2.45) is 0 Å². The van der Waals surface area contributed by atoms with Crippen molar-refractivity contribution >= 4 is 11.5 Å². The van der Waals surface area contributed by atoms with Crippen LogP contribution in [-0.2, 0) is 6.54 Å². The summed E-state index contributed by atoms with van der Waals surface area (Å²) < 4.78 is 13.1. The van der Waals surface area contributed by atoms with Gasteiger partial charge in [-0.3, -0.25) is 9.89 Å². The molecule has 0 aliphatic rings. The average molecular weight is 337 g/mol. The van der Waals surface area contributed by atoms with Gasteiger partial charge in [-0.2, -0.15) is 5.10 Å². The zero-order valence-electron chi connectivity index (χ0n) is 14.1. The molecule has 1 aromatic heterocycles. The molecule has 5 heteroatoms. The highest BCUT2D eigenvalue weighted by Gasteiger charge is 2.08. The van der Waals surface area contributed by atoms with Crippen molar-refractivity contribution in [2.45, 2.75) is 26.3 Å². The van der Waals surface area contributed by atoms with Gasteiger partial charge in [-0.1, -0.05) is 6.92 Å². The maximum Gasteiger partial charge on any atom is 0.162 e. The Morgan fingerprint density at radius 2 is 1.84 bits per heavy atom. The molecule has 3 rings (SSSR count). The first-order valence-corrected chi connectivity index (χ1v) is 8.32. The maximum atomic E-state index is 13.1. The lowest BCUT2D eigenvalue weighted by Gasteiger charge is -2.08. The number of carbonyl (C=O) groups is 1. The van der Waals surface area contributed by atoms with Crippen molar-refractivity contribution in [3.63, 3.8) is 0 Å². The van der Waals surface area contributed by atoms with Crippen molar-refractivity contribution in [1.82, 2.24) is 10.2 Å². The van der Waals surface area contributed by atoms with Crippen molar-refractivity contribution in [3.8, 4) is 11.3 Å². The third kappa shape index (κ3) is 4.12. The fourth-order valence-corrected chi connectivity index (χ4v) is 2.65. The number of aromatic nitrogens is 2. The number of nitrogens with one attached hydrogen (secondary N) is 2. The maximum absolute atomic E-state index is 13.1. The largest absolute Gasteiger partial charge is 0.381 e. The Balaban J connectivity index is 1.67. The zero-order chi connectivity index (χ0) is 17.6. The lowest BCUT2D eigenvalue weighted by atomic mass is 10.1. The van der Waals surface area contributed by atoms with Gasteiger partial charge in [0.2, 0.25) is 0 Å². The molecule has 0 unspecified atom stereocenters. The summed E-state index contributed by atoms with van der Waals surface area (Å²) in [4.78, 5) is 11.9. The predicted molar refractivity (Wildman–Crippen MR) is 97.0 cm³/mol. The van der Waals surface area contributed by atoms with Crippen LogP contribution in [0, 0.1) is 5.82 Å². The van der Waals surface area contributed by atoms with Gasteiger partial charge in [0.25, 0.3) is 0 Å². The molecule has 4 nitrogen and oxygen atoms in total. The van der Waals surface area contributed by atoms with Crippen LogP contribution < -0.4 is 5.32 Å². The number of Topliss-reactive ketones (excluding diaryl/α,β-unsaturated/α-hetero) is 1. The minimum Gasteiger partial charge on any atom is -0.381 e. The van der Waals surface area contributed by atoms with Gasteiger partial charge >= 0.3 is 0 Å². The molecule has 0 amide bonds. The van der Waals surface area contributed by atoms with E-state index in [0.717, 1.165) is 34.5 Å². The molecule has 0 radical (unpaired) electrons. The smallest absolute Gasteiger partial charge is 0.162 e. The van der Waals surface area contributed by atoms with E-state index in [0.29, 0.717) is 13.0 Å². The molecular weight excluding hydrogens is 317 g/mol. The molecule has 0 atom stereocenters. The normalized spacial score (nSPS) is 10.6. The average Bonchev–Trinajstić information content (AvgIpc) is 3.10. The summed E-state index contributed by atoms with van der Waals surface area (Å²) in [6.07, 6.45) is 3.18.